The lowest BCUT2D eigenvalue weighted by Gasteiger charge is -2.22. The number of rotatable bonds is 18. The summed E-state index contributed by atoms with van der Waals surface area (Å²) in [6.45, 7) is 4.37. The largest absolute Gasteiger partial charge is 0.491 e. The molecule has 0 spiro atoms. The Hall–Kier alpha value is -10.0. The highest BCUT2D eigenvalue weighted by Gasteiger charge is 2.54. The second kappa shape index (κ2) is 28.6. The van der Waals surface area contributed by atoms with Crippen molar-refractivity contribution >= 4 is 23.9 Å². The number of aliphatic carboxylic acids is 4. The maximum Gasteiger partial charge on any atom is 0.416 e. The molecule has 0 amide bonds. The van der Waals surface area contributed by atoms with Gasteiger partial charge < -0.3 is 29.9 Å². The number of benzene rings is 9. The molecule has 0 radical (unpaired) electrons. The number of ether oxygens (including phenoxy) is 2. The molecule has 98 heavy (non-hydrogen) atoms. The number of halogens is 7. The molecule has 0 heterocycles. The Labute approximate surface area is 563 Å². The summed E-state index contributed by atoms with van der Waals surface area (Å²) in [6.07, 6.45) is 6.46. The van der Waals surface area contributed by atoms with Crippen LogP contribution in [0, 0.1) is 23.3 Å². The van der Waals surface area contributed by atoms with E-state index in [2.05, 4.69) is 12.1 Å². The van der Waals surface area contributed by atoms with Crippen molar-refractivity contribution in [2.75, 3.05) is 0 Å². The molecule has 9 aromatic carbocycles. The maximum absolute atomic E-state index is 14.6. The van der Waals surface area contributed by atoms with Crippen LogP contribution in [0.4, 0.5) is 30.7 Å². The minimum Gasteiger partial charge on any atom is -0.491 e. The van der Waals surface area contributed by atoms with Gasteiger partial charge in [0.1, 0.15) is 41.4 Å². The number of hydrogen-bond acceptors (Lipinski definition) is 6. The fraction of sp³-hybridized carbons (Fsp3) is 0.284. The second-order valence-electron chi connectivity index (χ2n) is 26.3. The van der Waals surface area contributed by atoms with Crippen molar-refractivity contribution in [3.05, 3.63) is 262 Å². The van der Waals surface area contributed by atoms with Crippen LogP contribution in [0.3, 0.4) is 0 Å². The molecular formula is C81H73F7O10. The number of carbonyl (C=O) groups is 4. The number of carboxylic acid groups (broad SMARTS) is 4. The fourth-order valence-corrected chi connectivity index (χ4v) is 12.9. The lowest BCUT2D eigenvalue weighted by molar-refractivity contribution is -0.141. The van der Waals surface area contributed by atoms with E-state index in [9.17, 15) is 70.3 Å². The van der Waals surface area contributed by atoms with Crippen LogP contribution >= 0.6 is 0 Å². The van der Waals surface area contributed by atoms with E-state index in [1.165, 1.54) is 80.1 Å². The van der Waals surface area contributed by atoms with Gasteiger partial charge in [-0.15, -0.1) is 0 Å². The number of hydrogen-bond donors (Lipinski definition) is 4. The lowest BCUT2D eigenvalue weighted by Crippen LogP contribution is -2.19. The van der Waals surface area contributed by atoms with Crippen molar-refractivity contribution in [1.29, 1.82) is 0 Å². The van der Waals surface area contributed by atoms with Gasteiger partial charge in [-0.05, 0) is 200 Å². The van der Waals surface area contributed by atoms with Crippen molar-refractivity contribution in [1.82, 2.24) is 0 Å². The quantitative estimate of drug-likeness (QED) is 0.0607. The van der Waals surface area contributed by atoms with Crippen LogP contribution in [0.1, 0.15) is 142 Å². The molecule has 5 aliphatic rings. The maximum atomic E-state index is 14.6. The zero-order valence-corrected chi connectivity index (χ0v) is 54.0. The molecule has 9 aromatic rings. The molecule has 0 unspecified atom stereocenters. The third-order valence-corrected chi connectivity index (χ3v) is 19.5. The van der Waals surface area contributed by atoms with E-state index < -0.39 is 74.7 Å². The van der Waals surface area contributed by atoms with E-state index in [0.29, 0.717) is 114 Å². The van der Waals surface area contributed by atoms with E-state index in [-0.39, 0.29) is 17.5 Å². The van der Waals surface area contributed by atoms with Crippen LogP contribution in [0.15, 0.2) is 200 Å². The first kappa shape index (κ1) is 69.3. The van der Waals surface area contributed by atoms with Crippen LogP contribution in [0.25, 0.3) is 44.5 Å². The van der Waals surface area contributed by atoms with Gasteiger partial charge in [0, 0.05) is 22.3 Å². The first-order chi connectivity index (χ1) is 46.8. The average Bonchev–Trinajstić information content (AvgIpc) is 1.62. The van der Waals surface area contributed by atoms with Gasteiger partial charge in [0.2, 0.25) is 0 Å². The highest BCUT2D eigenvalue weighted by molar-refractivity contribution is 5.87. The zero-order chi connectivity index (χ0) is 69.7. The normalized spacial score (nSPS) is 16.4. The standard InChI is InChI=1S/C23H19FO3.C22H23FO2.C19H19FO3.C17H12F4O2/c24-21-14-18(23(12-13-23)22(25)26)8-11-20(21)17-6-9-19(10-7-17)27-15-16-4-2-1-3-5-16;23-20-14-18(22(12-13-22)21(24)25)10-11-19(20)17-8-6-16(7-9-17)15-4-2-1-3-5-15;1-12(2)23-15-6-3-13(4-7-15)16-8-5-14(11-17(16)20)19(9-10-19)18(21)22;18-14-9-12(16(7-8-16)15(22)23)5-6-13(14)10-1-3-11(4-2-10)17(19,20)21/h1-11,14H,12-13,15H2,(H,25,26);6-11,14-15H,1-5,12-13H2,(H,24,25);3-8,11-12H,9-10H2,1-2H3,(H,21,22);1-6,9H,7-8H2,(H,22,23). The van der Waals surface area contributed by atoms with Gasteiger partial charge in [-0.1, -0.05) is 159 Å². The van der Waals surface area contributed by atoms with Crippen LogP contribution in [0.2, 0.25) is 0 Å². The summed E-state index contributed by atoms with van der Waals surface area (Å²) < 4.78 is 107. The van der Waals surface area contributed by atoms with Gasteiger partial charge in [-0.2, -0.15) is 13.2 Å². The molecule has 0 bridgehead atoms. The molecule has 17 heteroatoms. The second-order valence-corrected chi connectivity index (χ2v) is 26.3. The van der Waals surface area contributed by atoms with Crippen molar-refractivity contribution < 1.29 is 79.8 Å². The molecule has 0 aliphatic heterocycles. The van der Waals surface area contributed by atoms with E-state index in [4.69, 9.17) is 9.47 Å². The Morgan fingerprint density at radius 1 is 0.418 bits per heavy atom. The van der Waals surface area contributed by atoms with Gasteiger partial charge in [-0.3, -0.25) is 19.2 Å². The topological polar surface area (TPSA) is 168 Å². The van der Waals surface area contributed by atoms with Crippen LogP contribution in [-0.2, 0) is 53.6 Å². The first-order valence-corrected chi connectivity index (χ1v) is 32.8. The van der Waals surface area contributed by atoms with Crippen LogP contribution in [0.5, 0.6) is 11.5 Å². The van der Waals surface area contributed by atoms with Crippen molar-refractivity contribution in [2.24, 2.45) is 0 Å². The van der Waals surface area contributed by atoms with E-state index in [0.717, 1.165) is 46.2 Å². The third-order valence-electron chi connectivity index (χ3n) is 19.5. The summed E-state index contributed by atoms with van der Waals surface area (Å²) in [6, 6.07) is 55.2. The summed E-state index contributed by atoms with van der Waals surface area (Å²) in [5.74, 6) is -3.29. The summed E-state index contributed by atoms with van der Waals surface area (Å²) in [5, 5.41) is 37.2. The van der Waals surface area contributed by atoms with E-state index in [1.54, 1.807) is 48.5 Å². The number of carboxylic acids is 4. The SMILES string of the molecule is CC(C)Oc1ccc(-c2ccc(C3(C(=O)O)CC3)cc2F)cc1.O=C(O)C1(c2ccc(-c3ccc(C(F)(F)F)cc3)c(F)c2)CC1.O=C(O)C1(c2ccc(-c3ccc(C4CCCCC4)cc3)c(F)c2)CC1.O=C(O)C1(c2ccc(-c3ccc(OCc4ccccc4)cc3)c(F)c2)CC1. The van der Waals surface area contributed by atoms with Crippen LogP contribution < -0.4 is 9.47 Å². The van der Waals surface area contributed by atoms with Crippen molar-refractivity contribution in [3.63, 3.8) is 0 Å². The molecule has 5 fully saturated rings. The average molecular weight is 1340 g/mol. The van der Waals surface area contributed by atoms with Gasteiger partial charge in [0.15, 0.2) is 0 Å². The Morgan fingerprint density at radius 2 is 0.735 bits per heavy atom. The molecule has 506 valence electrons. The van der Waals surface area contributed by atoms with Gasteiger partial charge in [0.05, 0.1) is 33.3 Å². The summed E-state index contributed by atoms with van der Waals surface area (Å²) >= 11 is 0. The minimum atomic E-state index is -4.44. The highest BCUT2D eigenvalue weighted by atomic mass is 19.4. The summed E-state index contributed by atoms with van der Waals surface area (Å²) in [7, 11) is 0. The molecule has 5 aliphatic carbocycles. The highest BCUT2D eigenvalue weighted by Crippen LogP contribution is 2.52. The first-order valence-electron chi connectivity index (χ1n) is 32.8. The van der Waals surface area contributed by atoms with E-state index in [1.807, 2.05) is 92.7 Å². The molecule has 14 rings (SSSR count). The molecule has 4 N–H and O–H groups in total. The smallest absolute Gasteiger partial charge is 0.416 e. The van der Waals surface area contributed by atoms with Gasteiger partial charge in [-0.25, -0.2) is 17.6 Å². The molecule has 0 atom stereocenters. The molecule has 10 nitrogen and oxygen atoms in total. The van der Waals surface area contributed by atoms with E-state index >= 15 is 0 Å². The molecule has 5 saturated carbocycles. The predicted molar refractivity (Wildman–Crippen MR) is 359 cm³/mol. The third kappa shape index (κ3) is 15.4. The minimum absolute atomic E-state index is 0.0858. The summed E-state index contributed by atoms with van der Waals surface area (Å²) in [5.41, 5.74) is 4.27. The Morgan fingerprint density at radius 3 is 1.03 bits per heavy atom. The predicted octanol–water partition coefficient (Wildman–Crippen LogP) is 19.9. The molecular weight excluding hydrogens is 1270 g/mol. The fourth-order valence-electron chi connectivity index (χ4n) is 12.9. The van der Waals surface area contributed by atoms with Crippen LogP contribution in [-0.4, -0.2) is 50.4 Å². The van der Waals surface area contributed by atoms with Gasteiger partial charge >= 0.3 is 30.1 Å². The zero-order valence-electron chi connectivity index (χ0n) is 54.0. The Balaban J connectivity index is 0.000000133. The molecule has 0 saturated heterocycles. The van der Waals surface area contributed by atoms with Crippen molar-refractivity contribution in [2.45, 2.75) is 144 Å². The lowest BCUT2D eigenvalue weighted by atomic mass is 9.83. The van der Waals surface area contributed by atoms with Crippen molar-refractivity contribution in [3.8, 4) is 56.0 Å². The van der Waals surface area contributed by atoms with Gasteiger partial charge in [0.25, 0.3) is 0 Å². The number of alkyl halides is 3. The summed E-state index contributed by atoms with van der Waals surface area (Å²) in [4.78, 5) is 45.4. The molecule has 0 aromatic heterocycles. The monoisotopic (exact) mass is 1340 g/mol. The Bertz CT molecular complexity index is 4360. The Kier molecular flexibility index (Phi) is 20.2.